The largest absolute Gasteiger partial charge is 0.456 e. The maximum atomic E-state index is 6.08. The zero-order valence-corrected chi connectivity index (χ0v) is 20.4. The monoisotopic (exact) mass is 487 g/mol. The van der Waals surface area contributed by atoms with Gasteiger partial charge in [-0.1, -0.05) is 84.9 Å². The maximum absolute atomic E-state index is 6.08. The lowest BCUT2D eigenvalue weighted by atomic mass is 10.0. The van der Waals surface area contributed by atoms with E-state index < -0.39 is 0 Å². The van der Waals surface area contributed by atoms with Crippen LogP contribution in [0.4, 0.5) is 0 Å². The lowest BCUT2D eigenvalue weighted by Gasteiger charge is -2.11. The molecule has 0 fully saturated rings. The summed E-state index contributed by atoms with van der Waals surface area (Å²) in [5.41, 5.74) is 7.74. The van der Waals surface area contributed by atoms with Crippen molar-refractivity contribution in [3.8, 4) is 28.5 Å². The molecule has 0 unspecified atom stereocenters. The molecule has 0 bridgehead atoms. The van der Waals surface area contributed by atoms with Crippen LogP contribution in [0.25, 0.3) is 72.2 Å². The fourth-order valence-corrected chi connectivity index (χ4v) is 5.46. The van der Waals surface area contributed by atoms with Crippen molar-refractivity contribution < 1.29 is 4.42 Å². The fourth-order valence-electron chi connectivity index (χ4n) is 5.46. The summed E-state index contributed by atoms with van der Waals surface area (Å²) in [5, 5.41) is 4.55. The van der Waals surface area contributed by atoms with Crippen molar-refractivity contribution in [2.75, 3.05) is 0 Å². The molecule has 178 valence electrons. The molecule has 0 spiro atoms. The summed E-state index contributed by atoms with van der Waals surface area (Å²) in [7, 11) is 0. The van der Waals surface area contributed by atoms with E-state index in [1.807, 2.05) is 42.5 Å². The SMILES string of the molecule is c1ccc(-c2cc(-c3ccc4oc5ccccc5c4c3)nc(-n3c4ccccc4c4ccccc43)n2)cc1. The van der Waals surface area contributed by atoms with Crippen LogP contribution >= 0.6 is 0 Å². The highest BCUT2D eigenvalue weighted by atomic mass is 16.3. The maximum Gasteiger partial charge on any atom is 0.235 e. The minimum absolute atomic E-state index is 0.649. The molecule has 0 radical (unpaired) electrons. The first-order valence-corrected chi connectivity index (χ1v) is 12.7. The van der Waals surface area contributed by atoms with Crippen LogP contribution in [0, 0.1) is 0 Å². The molecule has 0 saturated carbocycles. The molecule has 8 rings (SSSR count). The number of aromatic nitrogens is 3. The fraction of sp³-hybridized carbons (Fsp3) is 0. The van der Waals surface area contributed by atoms with Gasteiger partial charge in [0.05, 0.1) is 22.4 Å². The van der Waals surface area contributed by atoms with Crippen LogP contribution in [-0.4, -0.2) is 14.5 Å². The summed E-state index contributed by atoms with van der Waals surface area (Å²) in [5.74, 6) is 0.649. The molecule has 0 saturated heterocycles. The number of fused-ring (bicyclic) bond motifs is 6. The molecule has 8 aromatic rings. The average molecular weight is 488 g/mol. The van der Waals surface area contributed by atoms with Crippen molar-refractivity contribution in [2.24, 2.45) is 0 Å². The Bertz CT molecular complexity index is 2080. The molecule has 0 aliphatic carbocycles. The number of rotatable bonds is 3. The number of furan rings is 1. The van der Waals surface area contributed by atoms with Gasteiger partial charge in [-0.2, -0.15) is 0 Å². The van der Waals surface area contributed by atoms with Crippen molar-refractivity contribution in [1.29, 1.82) is 0 Å². The Hall–Kier alpha value is -5.22. The number of hydrogen-bond acceptors (Lipinski definition) is 3. The van der Waals surface area contributed by atoms with Gasteiger partial charge in [0.15, 0.2) is 0 Å². The third kappa shape index (κ3) is 3.17. The number of nitrogens with zero attached hydrogens (tertiary/aromatic N) is 3. The third-order valence-corrected chi connectivity index (χ3v) is 7.24. The van der Waals surface area contributed by atoms with Crippen LogP contribution in [0.15, 0.2) is 132 Å². The molecular weight excluding hydrogens is 466 g/mol. The van der Waals surface area contributed by atoms with E-state index in [0.29, 0.717) is 5.95 Å². The van der Waals surface area contributed by atoms with E-state index in [9.17, 15) is 0 Å². The van der Waals surface area contributed by atoms with Crippen LogP contribution in [-0.2, 0) is 0 Å². The van der Waals surface area contributed by atoms with Crippen LogP contribution in [0.1, 0.15) is 0 Å². The summed E-state index contributed by atoms with van der Waals surface area (Å²) in [6, 6.07) is 43.7. The van der Waals surface area contributed by atoms with Gasteiger partial charge in [0.2, 0.25) is 5.95 Å². The average Bonchev–Trinajstić information content (AvgIpc) is 3.53. The van der Waals surface area contributed by atoms with Crippen LogP contribution in [0.5, 0.6) is 0 Å². The second-order valence-electron chi connectivity index (χ2n) is 9.48. The van der Waals surface area contributed by atoms with Gasteiger partial charge in [-0.3, -0.25) is 4.57 Å². The summed E-state index contributed by atoms with van der Waals surface area (Å²) in [6.45, 7) is 0. The Morgan fingerprint density at radius 2 is 1.03 bits per heavy atom. The lowest BCUT2D eigenvalue weighted by molar-refractivity contribution is 0.669. The molecule has 3 aromatic heterocycles. The van der Waals surface area contributed by atoms with Gasteiger partial charge >= 0.3 is 0 Å². The third-order valence-electron chi connectivity index (χ3n) is 7.24. The summed E-state index contributed by atoms with van der Waals surface area (Å²) < 4.78 is 8.25. The summed E-state index contributed by atoms with van der Waals surface area (Å²) in [4.78, 5) is 10.3. The first-order valence-electron chi connectivity index (χ1n) is 12.7. The van der Waals surface area contributed by atoms with Gasteiger partial charge in [-0.15, -0.1) is 0 Å². The Morgan fingerprint density at radius 1 is 0.447 bits per heavy atom. The minimum Gasteiger partial charge on any atom is -0.456 e. The highest BCUT2D eigenvalue weighted by Crippen LogP contribution is 2.35. The second-order valence-corrected chi connectivity index (χ2v) is 9.48. The molecule has 0 aliphatic rings. The topological polar surface area (TPSA) is 43.9 Å². The van der Waals surface area contributed by atoms with E-state index in [-0.39, 0.29) is 0 Å². The van der Waals surface area contributed by atoms with Gasteiger partial charge in [0.1, 0.15) is 11.2 Å². The molecule has 4 heteroatoms. The van der Waals surface area contributed by atoms with E-state index >= 15 is 0 Å². The quantitative estimate of drug-likeness (QED) is 0.250. The Balaban J connectivity index is 1.43. The van der Waals surface area contributed by atoms with Gasteiger partial charge in [-0.25, -0.2) is 9.97 Å². The first kappa shape index (κ1) is 20.9. The van der Waals surface area contributed by atoms with Gasteiger partial charge in [-0.05, 0) is 42.5 Å². The summed E-state index contributed by atoms with van der Waals surface area (Å²) >= 11 is 0. The Labute approximate surface area is 218 Å². The molecule has 0 N–H and O–H groups in total. The standard InChI is InChI=1S/C34H21N3O/c1-2-10-22(11-3-1)28-21-29(23-18-19-33-27(20-23)26-14-6-9-17-32(26)38-33)36-34(35-28)37-30-15-7-4-12-24(30)25-13-5-8-16-31(25)37/h1-21H. The van der Waals surface area contributed by atoms with E-state index in [1.54, 1.807) is 0 Å². The van der Waals surface area contributed by atoms with Gasteiger partial charge < -0.3 is 4.42 Å². The highest BCUT2D eigenvalue weighted by molar-refractivity contribution is 6.09. The van der Waals surface area contributed by atoms with Crippen molar-refractivity contribution in [3.05, 3.63) is 127 Å². The predicted octanol–water partition coefficient (Wildman–Crippen LogP) is 8.81. The van der Waals surface area contributed by atoms with E-state index in [0.717, 1.165) is 55.5 Å². The normalized spacial score (nSPS) is 11.7. The minimum atomic E-state index is 0.649. The van der Waals surface area contributed by atoms with E-state index in [1.165, 1.54) is 10.8 Å². The Kier molecular flexibility index (Phi) is 4.49. The number of benzene rings is 5. The van der Waals surface area contributed by atoms with Crippen LogP contribution < -0.4 is 0 Å². The van der Waals surface area contributed by atoms with Crippen molar-refractivity contribution in [2.45, 2.75) is 0 Å². The Morgan fingerprint density at radius 3 is 1.76 bits per heavy atom. The number of para-hydroxylation sites is 3. The molecule has 5 aromatic carbocycles. The zero-order chi connectivity index (χ0) is 25.1. The molecule has 0 atom stereocenters. The molecule has 0 aliphatic heterocycles. The lowest BCUT2D eigenvalue weighted by Crippen LogP contribution is -2.03. The highest BCUT2D eigenvalue weighted by Gasteiger charge is 2.17. The molecule has 38 heavy (non-hydrogen) atoms. The van der Waals surface area contributed by atoms with Crippen LogP contribution in [0.3, 0.4) is 0 Å². The van der Waals surface area contributed by atoms with E-state index in [4.69, 9.17) is 14.4 Å². The smallest absolute Gasteiger partial charge is 0.235 e. The van der Waals surface area contributed by atoms with Gasteiger partial charge in [0, 0.05) is 32.7 Å². The van der Waals surface area contributed by atoms with E-state index in [2.05, 4.69) is 89.5 Å². The summed E-state index contributed by atoms with van der Waals surface area (Å²) in [6.07, 6.45) is 0. The first-order chi connectivity index (χ1) is 18.8. The van der Waals surface area contributed by atoms with Crippen LogP contribution in [0.2, 0.25) is 0 Å². The van der Waals surface area contributed by atoms with Crippen molar-refractivity contribution in [1.82, 2.24) is 14.5 Å². The molecule has 4 nitrogen and oxygen atoms in total. The molecule has 3 heterocycles. The second kappa shape index (κ2) is 8.15. The molecule has 0 amide bonds. The van der Waals surface area contributed by atoms with Gasteiger partial charge in [0.25, 0.3) is 0 Å². The predicted molar refractivity (Wildman–Crippen MR) is 155 cm³/mol. The molecular formula is C34H21N3O. The zero-order valence-electron chi connectivity index (χ0n) is 20.4. The van der Waals surface area contributed by atoms with Crippen molar-refractivity contribution >= 4 is 43.7 Å². The number of hydrogen-bond donors (Lipinski definition) is 0. The van der Waals surface area contributed by atoms with Crippen molar-refractivity contribution in [3.63, 3.8) is 0 Å².